The lowest BCUT2D eigenvalue weighted by molar-refractivity contribution is -0.121. The molecule has 1 heterocycles. The highest BCUT2D eigenvalue weighted by molar-refractivity contribution is 6.04. The molecule has 2 N–H and O–H groups in total. The predicted octanol–water partition coefficient (Wildman–Crippen LogP) is 6.10. The number of anilines is 2. The molecule has 1 aliphatic heterocycles. The smallest absolute Gasteiger partial charge is 0.411 e. The maximum Gasteiger partial charge on any atom is 0.411 e. The number of nitrogens with zero attached hydrogens (tertiary/aromatic N) is 1. The molecule has 0 spiro atoms. The number of hydrogen-bond donors (Lipinski definition) is 2. The van der Waals surface area contributed by atoms with Crippen LogP contribution in [0.15, 0.2) is 97.1 Å². The fourth-order valence-electron chi connectivity index (χ4n) is 4.57. The van der Waals surface area contributed by atoms with Gasteiger partial charge in [0.05, 0.1) is 13.7 Å². The van der Waals surface area contributed by atoms with Gasteiger partial charge in [0.2, 0.25) is 0 Å². The summed E-state index contributed by atoms with van der Waals surface area (Å²) in [6.07, 6.45) is -1.55. The molecule has 0 radical (unpaired) electrons. The van der Waals surface area contributed by atoms with Gasteiger partial charge in [0, 0.05) is 16.9 Å². The van der Waals surface area contributed by atoms with Gasteiger partial charge >= 0.3 is 6.09 Å². The third kappa shape index (κ3) is 6.36. The number of methoxy groups -OCH3 is 1. The zero-order valence-corrected chi connectivity index (χ0v) is 22.5. The van der Waals surface area contributed by atoms with Gasteiger partial charge in [-0.05, 0) is 72.6 Å². The normalized spacial score (nSPS) is 16.2. The van der Waals surface area contributed by atoms with E-state index in [0.717, 1.165) is 11.1 Å². The van der Waals surface area contributed by atoms with Crippen LogP contribution in [0.1, 0.15) is 33.2 Å². The van der Waals surface area contributed by atoms with E-state index in [-0.39, 0.29) is 12.5 Å². The summed E-state index contributed by atoms with van der Waals surface area (Å²) in [4.78, 5) is 40.7. The van der Waals surface area contributed by atoms with Gasteiger partial charge in [-0.2, -0.15) is 0 Å². The number of rotatable bonds is 8. The summed E-state index contributed by atoms with van der Waals surface area (Å²) in [5.41, 5.74) is 3.82. The number of benzene rings is 4. The molecular formula is C32H28FN3O5. The zero-order valence-electron chi connectivity index (χ0n) is 22.5. The molecule has 208 valence electrons. The van der Waals surface area contributed by atoms with Crippen LogP contribution in [-0.2, 0) is 16.1 Å². The Hall–Kier alpha value is -5.18. The van der Waals surface area contributed by atoms with Gasteiger partial charge in [-0.3, -0.25) is 14.5 Å². The molecule has 4 aromatic rings. The Bertz CT molecular complexity index is 1560. The van der Waals surface area contributed by atoms with E-state index in [1.807, 2.05) is 31.2 Å². The van der Waals surface area contributed by atoms with E-state index in [1.54, 1.807) is 48.5 Å². The van der Waals surface area contributed by atoms with Crippen molar-refractivity contribution in [3.63, 3.8) is 0 Å². The van der Waals surface area contributed by atoms with Crippen LogP contribution in [0.2, 0.25) is 0 Å². The van der Waals surface area contributed by atoms with E-state index in [1.165, 1.54) is 36.3 Å². The van der Waals surface area contributed by atoms with Crippen LogP contribution in [0.25, 0.3) is 0 Å². The third-order valence-corrected chi connectivity index (χ3v) is 6.77. The minimum atomic E-state index is -1.01. The number of amides is 3. The first-order chi connectivity index (χ1) is 19.8. The molecule has 5 rings (SSSR count). The number of carbonyl (C=O) groups excluding carboxylic acids is 3. The highest BCUT2D eigenvalue weighted by atomic mass is 19.1. The molecule has 0 aromatic heterocycles. The summed E-state index contributed by atoms with van der Waals surface area (Å²) in [5, 5.41) is 5.61. The minimum absolute atomic E-state index is 0.159. The molecule has 0 saturated carbocycles. The van der Waals surface area contributed by atoms with Crippen molar-refractivity contribution in [2.24, 2.45) is 0 Å². The SMILES string of the molecule is COc1cccc(C(=O)Nc2ccc([C@@H]3OC(=O)N(Cc4ccc(C)cc4)[C@@H]3C(=O)Nc3ccc(F)cc3)cc2)c1. The largest absolute Gasteiger partial charge is 0.497 e. The molecule has 9 heteroatoms. The highest BCUT2D eigenvalue weighted by Gasteiger charge is 2.47. The quantitative estimate of drug-likeness (QED) is 0.275. The van der Waals surface area contributed by atoms with Crippen molar-refractivity contribution < 1.29 is 28.2 Å². The van der Waals surface area contributed by atoms with Crippen LogP contribution in [-0.4, -0.2) is 36.0 Å². The lowest BCUT2D eigenvalue weighted by Crippen LogP contribution is -2.43. The molecule has 41 heavy (non-hydrogen) atoms. The van der Waals surface area contributed by atoms with Gasteiger partial charge in [0.1, 0.15) is 11.6 Å². The number of hydrogen-bond acceptors (Lipinski definition) is 5. The summed E-state index contributed by atoms with van der Waals surface area (Å²) in [6, 6.07) is 25.6. The second-order valence-corrected chi connectivity index (χ2v) is 9.67. The zero-order chi connectivity index (χ0) is 28.9. The number of cyclic esters (lactones) is 1. The molecule has 8 nitrogen and oxygen atoms in total. The van der Waals surface area contributed by atoms with Crippen LogP contribution in [0.5, 0.6) is 5.75 Å². The van der Waals surface area contributed by atoms with Crippen LogP contribution in [0.3, 0.4) is 0 Å². The van der Waals surface area contributed by atoms with Crippen molar-refractivity contribution in [3.8, 4) is 5.75 Å². The van der Waals surface area contributed by atoms with E-state index >= 15 is 0 Å². The van der Waals surface area contributed by atoms with Gasteiger partial charge in [0.25, 0.3) is 11.8 Å². The van der Waals surface area contributed by atoms with E-state index in [0.29, 0.717) is 28.3 Å². The molecule has 2 atom stereocenters. The molecule has 0 bridgehead atoms. The van der Waals surface area contributed by atoms with Crippen molar-refractivity contribution in [3.05, 3.63) is 125 Å². The van der Waals surface area contributed by atoms with Crippen molar-refractivity contribution in [2.45, 2.75) is 25.6 Å². The van der Waals surface area contributed by atoms with E-state index in [4.69, 9.17) is 9.47 Å². The minimum Gasteiger partial charge on any atom is -0.497 e. The summed E-state index contributed by atoms with van der Waals surface area (Å²) < 4.78 is 24.3. The summed E-state index contributed by atoms with van der Waals surface area (Å²) >= 11 is 0. The predicted molar refractivity (Wildman–Crippen MR) is 152 cm³/mol. The average molecular weight is 554 g/mol. The second-order valence-electron chi connectivity index (χ2n) is 9.67. The molecule has 1 aliphatic rings. The lowest BCUT2D eigenvalue weighted by atomic mass is 10.00. The maximum atomic E-state index is 13.6. The van der Waals surface area contributed by atoms with Crippen LogP contribution < -0.4 is 15.4 Å². The van der Waals surface area contributed by atoms with Crippen LogP contribution in [0.4, 0.5) is 20.6 Å². The van der Waals surface area contributed by atoms with Crippen molar-refractivity contribution in [2.75, 3.05) is 17.7 Å². The third-order valence-electron chi connectivity index (χ3n) is 6.77. The van der Waals surface area contributed by atoms with Crippen LogP contribution >= 0.6 is 0 Å². The average Bonchev–Trinajstić information content (AvgIpc) is 3.31. The topological polar surface area (TPSA) is 97.0 Å². The molecule has 1 saturated heterocycles. The fourth-order valence-corrected chi connectivity index (χ4v) is 4.57. The summed E-state index contributed by atoms with van der Waals surface area (Å²) in [6.45, 7) is 2.12. The highest BCUT2D eigenvalue weighted by Crippen LogP contribution is 2.35. The summed E-state index contributed by atoms with van der Waals surface area (Å²) in [7, 11) is 1.53. The number of nitrogens with one attached hydrogen (secondary N) is 2. The van der Waals surface area contributed by atoms with Gasteiger partial charge in [-0.1, -0.05) is 48.0 Å². The van der Waals surface area contributed by atoms with Crippen molar-refractivity contribution in [1.29, 1.82) is 0 Å². The number of aryl methyl sites for hydroxylation is 1. The van der Waals surface area contributed by atoms with Gasteiger partial charge in [-0.15, -0.1) is 0 Å². The van der Waals surface area contributed by atoms with E-state index in [9.17, 15) is 18.8 Å². The van der Waals surface area contributed by atoms with E-state index in [2.05, 4.69) is 10.6 Å². The monoisotopic (exact) mass is 553 g/mol. The number of ether oxygens (including phenoxy) is 2. The first-order valence-corrected chi connectivity index (χ1v) is 13.0. The lowest BCUT2D eigenvalue weighted by Gasteiger charge is -2.24. The van der Waals surface area contributed by atoms with Gasteiger partial charge in [0.15, 0.2) is 12.1 Å². The number of carbonyl (C=O) groups is 3. The summed E-state index contributed by atoms with van der Waals surface area (Å²) in [5.74, 6) is -0.657. The molecule has 1 fully saturated rings. The maximum absolute atomic E-state index is 13.6. The Kier molecular flexibility index (Phi) is 7.96. The molecule has 3 amide bonds. The number of halogens is 1. The van der Waals surface area contributed by atoms with Crippen LogP contribution in [0, 0.1) is 12.7 Å². The molecule has 0 aliphatic carbocycles. The Morgan fingerprint density at radius 3 is 2.24 bits per heavy atom. The van der Waals surface area contributed by atoms with Crippen molar-refractivity contribution >= 4 is 29.3 Å². The Labute approximate surface area is 236 Å². The Morgan fingerprint density at radius 1 is 0.902 bits per heavy atom. The first kappa shape index (κ1) is 27.4. The van der Waals surface area contributed by atoms with E-state index < -0.39 is 30.0 Å². The Balaban J connectivity index is 1.38. The molecule has 4 aromatic carbocycles. The first-order valence-electron chi connectivity index (χ1n) is 13.0. The van der Waals surface area contributed by atoms with Gasteiger partial charge in [-0.25, -0.2) is 9.18 Å². The Morgan fingerprint density at radius 2 is 1.56 bits per heavy atom. The van der Waals surface area contributed by atoms with Crippen molar-refractivity contribution in [1.82, 2.24) is 4.90 Å². The standard InChI is InChI=1S/C32H28FN3O5/c1-20-6-8-21(9-7-20)19-36-28(31(38)35-26-16-12-24(33)13-17-26)29(41-32(36)39)22-10-14-25(15-11-22)34-30(37)23-4-3-5-27(18-23)40-2/h3-18,28-29H,19H2,1-2H3,(H,34,37)(H,35,38)/t28-,29-/m0/s1. The second kappa shape index (κ2) is 11.9. The molecular weight excluding hydrogens is 525 g/mol. The van der Waals surface area contributed by atoms with Gasteiger partial charge < -0.3 is 20.1 Å². The fraction of sp³-hybridized carbons (Fsp3) is 0.156. The molecule has 0 unspecified atom stereocenters.